The molecular weight excluding hydrogens is 270 g/mol. The van der Waals surface area contributed by atoms with Gasteiger partial charge >= 0.3 is 0 Å². The molecule has 1 aliphatic rings. The highest BCUT2D eigenvalue weighted by atomic mass is 16.6. The van der Waals surface area contributed by atoms with Gasteiger partial charge in [-0.1, -0.05) is 12.1 Å². The monoisotopic (exact) mass is 295 g/mol. The molecule has 0 aliphatic carbocycles. The Balaban J connectivity index is 1.66. The average Bonchev–Trinajstić information content (AvgIpc) is 2.44. The molecule has 1 aromatic carbocycles. The zero-order valence-electron chi connectivity index (χ0n) is 13.0. The summed E-state index contributed by atoms with van der Waals surface area (Å²) in [6, 6.07) is 7.59. The van der Waals surface area contributed by atoms with Crippen LogP contribution in [-0.2, 0) is 4.74 Å². The molecule has 1 heterocycles. The number of aliphatic hydroxyl groups is 1. The smallest absolute Gasteiger partial charge is 0.161 e. The van der Waals surface area contributed by atoms with Gasteiger partial charge in [0.1, 0.15) is 6.61 Å². The van der Waals surface area contributed by atoms with E-state index < -0.39 is 6.10 Å². The number of benzene rings is 1. The van der Waals surface area contributed by atoms with Gasteiger partial charge in [-0.25, -0.2) is 0 Å². The highest BCUT2D eigenvalue weighted by molar-refractivity contribution is 5.40. The van der Waals surface area contributed by atoms with Crippen molar-refractivity contribution in [3.63, 3.8) is 0 Å². The van der Waals surface area contributed by atoms with Gasteiger partial charge in [0.15, 0.2) is 17.6 Å². The molecule has 0 unspecified atom stereocenters. The summed E-state index contributed by atoms with van der Waals surface area (Å²) >= 11 is 0. The van der Waals surface area contributed by atoms with E-state index in [2.05, 4.69) is 26.1 Å². The molecule has 0 saturated carbocycles. The van der Waals surface area contributed by atoms with Crippen molar-refractivity contribution in [3.05, 3.63) is 24.3 Å². The Kier molecular flexibility index (Phi) is 5.45. The van der Waals surface area contributed by atoms with Gasteiger partial charge in [0.25, 0.3) is 0 Å². The lowest BCUT2D eigenvalue weighted by Gasteiger charge is -2.27. The van der Waals surface area contributed by atoms with E-state index in [4.69, 9.17) is 14.2 Å². The summed E-state index contributed by atoms with van der Waals surface area (Å²) in [6.45, 7) is 7.84. The predicted octanol–water partition coefficient (Wildman–Crippen LogP) is 1.59. The molecule has 1 aliphatic heterocycles. The number of para-hydroxylation sites is 2. The van der Waals surface area contributed by atoms with E-state index in [1.807, 2.05) is 24.3 Å². The van der Waals surface area contributed by atoms with E-state index >= 15 is 0 Å². The van der Waals surface area contributed by atoms with Crippen LogP contribution in [0.15, 0.2) is 24.3 Å². The molecule has 2 rings (SSSR count). The first-order valence-corrected chi connectivity index (χ1v) is 7.33. The minimum atomic E-state index is -0.527. The van der Waals surface area contributed by atoms with Crippen molar-refractivity contribution in [2.75, 3.05) is 26.4 Å². The van der Waals surface area contributed by atoms with E-state index in [9.17, 15) is 5.11 Å². The maximum Gasteiger partial charge on any atom is 0.161 e. The zero-order chi connectivity index (χ0) is 15.3. The van der Waals surface area contributed by atoms with Gasteiger partial charge in [-0.3, -0.25) is 0 Å². The summed E-state index contributed by atoms with van der Waals surface area (Å²) in [5, 5.41) is 13.1. The van der Waals surface area contributed by atoms with Crippen molar-refractivity contribution >= 4 is 0 Å². The summed E-state index contributed by atoms with van der Waals surface area (Å²) in [6.07, 6.45) is -0.663. The van der Waals surface area contributed by atoms with Crippen LogP contribution in [-0.4, -0.2) is 49.2 Å². The quantitative estimate of drug-likeness (QED) is 0.834. The molecule has 0 aromatic heterocycles. The zero-order valence-corrected chi connectivity index (χ0v) is 13.0. The molecule has 0 radical (unpaired) electrons. The van der Waals surface area contributed by atoms with E-state index in [0.29, 0.717) is 19.8 Å². The molecule has 2 N–H and O–H groups in total. The van der Waals surface area contributed by atoms with Crippen LogP contribution in [0.5, 0.6) is 11.5 Å². The average molecular weight is 295 g/mol. The third-order valence-corrected chi connectivity index (χ3v) is 3.05. The fourth-order valence-electron chi connectivity index (χ4n) is 1.96. The molecule has 5 nitrogen and oxygen atoms in total. The molecule has 5 heteroatoms. The standard InChI is InChI=1S/C16H25NO4/c1-16(2,3)17-8-12(18)9-19-10-13-11-20-14-6-4-5-7-15(14)21-13/h4-7,12-13,17-18H,8-11H2,1-3H3/t12-,13+/m1/s1. The largest absolute Gasteiger partial charge is 0.486 e. The SMILES string of the molecule is CC(C)(C)NC[C@@H](O)COC[C@H]1COc2ccccc2O1. The van der Waals surface area contributed by atoms with Crippen LogP contribution < -0.4 is 14.8 Å². The number of fused-ring (bicyclic) bond motifs is 1. The Morgan fingerprint density at radius 3 is 2.76 bits per heavy atom. The van der Waals surface area contributed by atoms with Crippen LogP contribution in [0.2, 0.25) is 0 Å². The lowest BCUT2D eigenvalue weighted by Crippen LogP contribution is -2.42. The molecular formula is C16H25NO4. The van der Waals surface area contributed by atoms with Crippen LogP contribution in [0.1, 0.15) is 20.8 Å². The topological polar surface area (TPSA) is 60.0 Å². The second-order valence-corrected chi connectivity index (χ2v) is 6.32. The van der Waals surface area contributed by atoms with Crippen LogP contribution in [0.3, 0.4) is 0 Å². The Morgan fingerprint density at radius 2 is 2.05 bits per heavy atom. The second-order valence-electron chi connectivity index (χ2n) is 6.32. The van der Waals surface area contributed by atoms with Crippen LogP contribution in [0.4, 0.5) is 0 Å². The van der Waals surface area contributed by atoms with Crippen LogP contribution >= 0.6 is 0 Å². The third-order valence-electron chi connectivity index (χ3n) is 3.05. The Bertz CT molecular complexity index is 444. The summed E-state index contributed by atoms with van der Waals surface area (Å²) < 4.78 is 16.9. The fraction of sp³-hybridized carbons (Fsp3) is 0.625. The molecule has 0 saturated heterocycles. The highest BCUT2D eigenvalue weighted by Gasteiger charge is 2.21. The van der Waals surface area contributed by atoms with Crippen molar-refractivity contribution in [1.82, 2.24) is 5.32 Å². The van der Waals surface area contributed by atoms with Gasteiger partial charge in [0, 0.05) is 12.1 Å². The first-order valence-electron chi connectivity index (χ1n) is 7.33. The van der Waals surface area contributed by atoms with Crippen molar-refractivity contribution in [2.45, 2.75) is 38.5 Å². The Hall–Kier alpha value is -1.30. The van der Waals surface area contributed by atoms with Crippen molar-refractivity contribution in [1.29, 1.82) is 0 Å². The van der Waals surface area contributed by atoms with Gasteiger partial charge in [-0.15, -0.1) is 0 Å². The number of aliphatic hydroxyl groups excluding tert-OH is 1. The van der Waals surface area contributed by atoms with E-state index in [0.717, 1.165) is 11.5 Å². The van der Waals surface area contributed by atoms with Crippen molar-refractivity contribution < 1.29 is 19.3 Å². The minimum Gasteiger partial charge on any atom is -0.486 e. The highest BCUT2D eigenvalue weighted by Crippen LogP contribution is 2.30. The van der Waals surface area contributed by atoms with Gasteiger partial charge < -0.3 is 24.6 Å². The maximum absolute atomic E-state index is 9.84. The first-order chi connectivity index (χ1) is 9.94. The molecule has 0 bridgehead atoms. The van der Waals surface area contributed by atoms with E-state index in [-0.39, 0.29) is 18.2 Å². The van der Waals surface area contributed by atoms with Crippen molar-refractivity contribution in [3.8, 4) is 11.5 Å². The summed E-state index contributed by atoms with van der Waals surface area (Å²) in [7, 11) is 0. The fourth-order valence-corrected chi connectivity index (χ4v) is 1.96. The molecule has 1 aromatic rings. The van der Waals surface area contributed by atoms with E-state index in [1.165, 1.54) is 0 Å². The number of hydrogen-bond acceptors (Lipinski definition) is 5. The maximum atomic E-state index is 9.84. The minimum absolute atomic E-state index is 0.00892. The molecule has 0 fully saturated rings. The Labute approximate surface area is 126 Å². The lowest BCUT2D eigenvalue weighted by atomic mass is 10.1. The molecule has 21 heavy (non-hydrogen) atoms. The first kappa shape index (κ1) is 16.1. The molecule has 0 amide bonds. The van der Waals surface area contributed by atoms with E-state index in [1.54, 1.807) is 0 Å². The van der Waals surface area contributed by atoms with Gasteiger partial charge in [0.05, 0.1) is 19.3 Å². The summed E-state index contributed by atoms with van der Waals surface area (Å²) in [5.41, 5.74) is -0.00892. The van der Waals surface area contributed by atoms with Crippen molar-refractivity contribution in [2.24, 2.45) is 0 Å². The van der Waals surface area contributed by atoms with Gasteiger partial charge in [-0.2, -0.15) is 0 Å². The van der Waals surface area contributed by atoms with Crippen LogP contribution in [0.25, 0.3) is 0 Å². The predicted molar refractivity (Wildman–Crippen MR) is 80.9 cm³/mol. The van der Waals surface area contributed by atoms with Gasteiger partial charge in [-0.05, 0) is 32.9 Å². The Morgan fingerprint density at radius 1 is 1.33 bits per heavy atom. The number of β-amino-alcohol motifs (C(OH)–C–C–N with tert-alkyl or cyclic N) is 1. The number of rotatable bonds is 6. The molecule has 118 valence electrons. The second kappa shape index (κ2) is 7.11. The number of nitrogens with one attached hydrogen (secondary N) is 1. The van der Waals surface area contributed by atoms with Gasteiger partial charge in [0.2, 0.25) is 0 Å². The molecule has 0 spiro atoms. The normalized spacial score (nSPS) is 19.3. The third kappa shape index (κ3) is 5.53. The van der Waals surface area contributed by atoms with Crippen LogP contribution in [0, 0.1) is 0 Å². The summed E-state index contributed by atoms with van der Waals surface area (Å²) in [4.78, 5) is 0. The lowest BCUT2D eigenvalue weighted by molar-refractivity contribution is -0.0221. The molecule has 2 atom stereocenters. The number of ether oxygens (including phenoxy) is 3. The summed E-state index contributed by atoms with van der Waals surface area (Å²) in [5.74, 6) is 1.51. The number of hydrogen-bond donors (Lipinski definition) is 2.